The van der Waals surface area contributed by atoms with Gasteiger partial charge in [-0.25, -0.2) is 0 Å². The Morgan fingerprint density at radius 1 is 0.274 bits per heavy atom. The van der Waals surface area contributed by atoms with Gasteiger partial charge in [-0.2, -0.15) is 0 Å². The molecule has 12 rings (SSSR count). The number of benzene rings is 10. The Morgan fingerprint density at radius 2 is 0.616 bits per heavy atom. The second-order valence-electron chi connectivity index (χ2n) is 18.8. The molecule has 3 nitrogen and oxygen atoms in total. The first-order valence-corrected chi connectivity index (χ1v) is 24.9. The first-order chi connectivity index (χ1) is 36.0. The molecule has 0 saturated carbocycles. The second-order valence-corrected chi connectivity index (χ2v) is 18.8. The summed E-state index contributed by atoms with van der Waals surface area (Å²) in [6, 6.07) is 93.9. The van der Waals surface area contributed by atoms with Crippen LogP contribution in [-0.2, 0) is 0 Å². The predicted octanol–water partition coefficient (Wildman–Crippen LogP) is 19.1. The summed E-state index contributed by atoms with van der Waals surface area (Å²) < 4.78 is 0. The van der Waals surface area contributed by atoms with Crippen molar-refractivity contribution in [3.63, 3.8) is 0 Å². The van der Waals surface area contributed by atoms with Crippen molar-refractivity contribution in [2.24, 2.45) is 0 Å². The molecule has 0 unspecified atom stereocenters. The van der Waals surface area contributed by atoms with Gasteiger partial charge in [-0.15, -0.1) is 0 Å². The summed E-state index contributed by atoms with van der Waals surface area (Å²) in [7, 11) is 0. The van der Waals surface area contributed by atoms with E-state index in [1.54, 1.807) is 0 Å². The smallest absolute Gasteiger partial charge is 0.0709 e. The number of hydrogen-bond donors (Lipinski definition) is 0. The average molecular weight is 934 g/mol. The zero-order valence-electron chi connectivity index (χ0n) is 40.8. The first-order valence-electron chi connectivity index (χ1n) is 24.9. The number of rotatable bonds is 11. The topological polar surface area (TPSA) is 29.0 Å². The van der Waals surface area contributed by atoms with Crippen molar-refractivity contribution < 1.29 is 0 Å². The molecule has 0 aliphatic rings. The van der Waals surface area contributed by atoms with Crippen molar-refractivity contribution in [1.29, 1.82) is 0 Å². The van der Waals surface area contributed by atoms with Crippen LogP contribution in [0.2, 0.25) is 0 Å². The minimum atomic E-state index is 0.900. The predicted molar refractivity (Wildman–Crippen MR) is 307 cm³/mol. The summed E-state index contributed by atoms with van der Waals surface area (Å²) in [6.07, 6.45) is 4.03. The van der Waals surface area contributed by atoms with E-state index in [2.05, 4.69) is 280 Å². The van der Waals surface area contributed by atoms with Crippen molar-refractivity contribution in [1.82, 2.24) is 9.97 Å². The van der Waals surface area contributed by atoms with E-state index in [9.17, 15) is 0 Å². The lowest BCUT2D eigenvalue weighted by Gasteiger charge is -2.29. The maximum atomic E-state index is 5.17. The molecule has 0 N–H and O–H groups in total. The van der Waals surface area contributed by atoms with E-state index in [0.29, 0.717) is 0 Å². The van der Waals surface area contributed by atoms with Crippen LogP contribution >= 0.6 is 0 Å². The zero-order valence-corrected chi connectivity index (χ0v) is 40.8. The van der Waals surface area contributed by atoms with E-state index < -0.39 is 0 Å². The third kappa shape index (κ3) is 9.24. The summed E-state index contributed by atoms with van der Waals surface area (Å²) in [4.78, 5) is 12.8. The first kappa shape index (κ1) is 44.7. The summed E-state index contributed by atoms with van der Waals surface area (Å²) in [5, 5.41) is 2.31. The molecule has 0 aliphatic carbocycles. The van der Waals surface area contributed by atoms with Crippen LogP contribution in [0.1, 0.15) is 11.1 Å². The lowest BCUT2D eigenvalue weighted by Crippen LogP contribution is -2.11. The van der Waals surface area contributed by atoms with Crippen LogP contribution in [0.3, 0.4) is 0 Å². The molecule has 73 heavy (non-hydrogen) atoms. The minimum Gasteiger partial charge on any atom is -0.310 e. The molecular formula is C70H51N3. The van der Waals surface area contributed by atoms with Crippen LogP contribution < -0.4 is 4.90 Å². The fraction of sp³-hybridized carbons (Fsp3) is 0.0286. The number of hydrogen-bond acceptors (Lipinski definition) is 3. The molecule has 0 saturated heterocycles. The molecule has 346 valence electrons. The van der Waals surface area contributed by atoms with Gasteiger partial charge in [0, 0.05) is 40.3 Å². The molecule has 0 aliphatic heterocycles. The molecule has 0 fully saturated rings. The van der Waals surface area contributed by atoms with Crippen molar-refractivity contribution in [2.45, 2.75) is 13.8 Å². The van der Waals surface area contributed by atoms with Gasteiger partial charge in [0.25, 0.3) is 0 Å². The van der Waals surface area contributed by atoms with Gasteiger partial charge in [0.1, 0.15) is 0 Å². The average Bonchev–Trinajstić information content (AvgIpc) is 3.46. The van der Waals surface area contributed by atoms with E-state index in [1.807, 2.05) is 12.4 Å². The fourth-order valence-corrected chi connectivity index (χ4v) is 10.1. The van der Waals surface area contributed by atoms with Gasteiger partial charge >= 0.3 is 0 Å². The number of aryl methyl sites for hydroxylation is 2. The standard InChI is InChI=1S/C70H51N3/c1-48-46-71-68(44-66(48)57-34-30-54(31-35-57)50-18-7-3-8-19-50)61-38-59(52-22-11-5-12-23-52)40-63(42-61)73(70-29-17-27-56-26-15-16-28-65(56)70)64-41-60(53-24-13-6-14-25-53)39-62(43-64)69-45-67(49(2)47-72-69)58-36-32-55(33-37-58)51-20-9-4-10-21-51/h3-47H,1-2H3. The van der Waals surface area contributed by atoms with Gasteiger partial charge < -0.3 is 4.90 Å². The molecule has 2 aromatic heterocycles. The second kappa shape index (κ2) is 19.8. The van der Waals surface area contributed by atoms with Gasteiger partial charge in [-0.3, -0.25) is 9.97 Å². The lowest BCUT2D eigenvalue weighted by molar-refractivity contribution is 1.25. The minimum absolute atomic E-state index is 0.900. The Balaban J connectivity index is 1.05. The molecular weight excluding hydrogens is 883 g/mol. The largest absolute Gasteiger partial charge is 0.310 e. The summed E-state index contributed by atoms with van der Waals surface area (Å²) in [5.41, 5.74) is 23.0. The molecule has 0 atom stereocenters. The van der Waals surface area contributed by atoms with Crippen molar-refractivity contribution >= 4 is 27.8 Å². The molecule has 0 radical (unpaired) electrons. The zero-order chi connectivity index (χ0) is 49.1. The van der Waals surface area contributed by atoms with E-state index in [4.69, 9.17) is 9.97 Å². The van der Waals surface area contributed by atoms with Crippen LogP contribution in [0.15, 0.2) is 273 Å². The van der Waals surface area contributed by atoms with Crippen LogP contribution in [0.4, 0.5) is 17.1 Å². The van der Waals surface area contributed by atoms with Gasteiger partial charge in [0.05, 0.1) is 17.1 Å². The molecule has 2 heterocycles. The number of fused-ring (bicyclic) bond motifs is 1. The van der Waals surface area contributed by atoms with Crippen LogP contribution in [0.5, 0.6) is 0 Å². The highest BCUT2D eigenvalue weighted by Gasteiger charge is 2.21. The SMILES string of the molecule is Cc1cnc(-c2cc(-c3ccccc3)cc(N(c3cc(-c4ccccc4)cc(-c4cc(-c5ccc(-c6ccccc6)cc5)c(C)cn4)c3)c3cccc4ccccc34)c2)cc1-c1ccc(-c2ccccc2)cc1. The number of nitrogens with zero attached hydrogens (tertiary/aromatic N) is 3. The molecule has 12 aromatic rings. The quantitative estimate of drug-likeness (QED) is 0.129. The highest BCUT2D eigenvalue weighted by atomic mass is 15.1. The Labute approximate surface area is 428 Å². The van der Waals surface area contributed by atoms with Crippen molar-refractivity contribution in [3.8, 4) is 89.3 Å². The molecule has 0 bridgehead atoms. The highest BCUT2D eigenvalue weighted by Crippen LogP contribution is 2.45. The Morgan fingerprint density at radius 3 is 1.05 bits per heavy atom. The van der Waals surface area contributed by atoms with Gasteiger partial charge in [-0.05, 0) is 152 Å². The van der Waals surface area contributed by atoms with E-state index in [0.717, 1.165) is 106 Å². The lowest BCUT2D eigenvalue weighted by atomic mass is 9.94. The van der Waals surface area contributed by atoms with E-state index in [-0.39, 0.29) is 0 Å². The van der Waals surface area contributed by atoms with Crippen molar-refractivity contribution in [2.75, 3.05) is 4.90 Å². The summed E-state index contributed by atoms with van der Waals surface area (Å²) >= 11 is 0. The van der Waals surface area contributed by atoms with Crippen LogP contribution in [0, 0.1) is 13.8 Å². The fourth-order valence-electron chi connectivity index (χ4n) is 10.1. The van der Waals surface area contributed by atoms with E-state index >= 15 is 0 Å². The number of pyridine rings is 2. The Kier molecular flexibility index (Phi) is 12.1. The molecule has 0 spiro atoms. The maximum absolute atomic E-state index is 5.17. The third-order valence-electron chi connectivity index (χ3n) is 14.0. The number of anilines is 3. The molecule has 3 heteroatoms. The summed E-state index contributed by atoms with van der Waals surface area (Å²) in [5.74, 6) is 0. The normalized spacial score (nSPS) is 11.2. The summed E-state index contributed by atoms with van der Waals surface area (Å²) in [6.45, 7) is 4.30. The highest BCUT2D eigenvalue weighted by molar-refractivity contribution is 6.00. The van der Waals surface area contributed by atoms with Gasteiger partial charge in [-0.1, -0.05) is 206 Å². The van der Waals surface area contributed by atoms with Gasteiger partial charge in [0.2, 0.25) is 0 Å². The van der Waals surface area contributed by atoms with Crippen molar-refractivity contribution in [3.05, 3.63) is 284 Å². The Hall–Kier alpha value is -9.44. The monoisotopic (exact) mass is 933 g/mol. The molecule has 10 aromatic carbocycles. The van der Waals surface area contributed by atoms with E-state index in [1.165, 1.54) is 22.3 Å². The maximum Gasteiger partial charge on any atom is 0.0709 e. The van der Waals surface area contributed by atoms with Crippen LogP contribution in [0.25, 0.3) is 100 Å². The molecule has 0 amide bonds. The third-order valence-corrected chi connectivity index (χ3v) is 14.0. The Bertz CT molecular complexity index is 3660. The number of aromatic nitrogens is 2. The van der Waals surface area contributed by atoms with Gasteiger partial charge in [0.15, 0.2) is 0 Å². The van der Waals surface area contributed by atoms with Crippen LogP contribution in [-0.4, -0.2) is 9.97 Å².